The molecule has 0 aromatic carbocycles. The lowest BCUT2D eigenvalue weighted by Crippen LogP contribution is -2.50. The summed E-state index contributed by atoms with van der Waals surface area (Å²) in [5.41, 5.74) is 17.7. The van der Waals surface area contributed by atoms with E-state index < -0.39 is 22.3 Å². The smallest absolute Gasteiger partial charge is 0.273 e. The summed E-state index contributed by atoms with van der Waals surface area (Å²) in [7, 11) is -3.09. The van der Waals surface area contributed by atoms with E-state index in [1.807, 2.05) is 7.05 Å². The molecule has 2 unspecified atom stereocenters. The molecule has 0 saturated carbocycles. The van der Waals surface area contributed by atoms with Crippen LogP contribution in [0.3, 0.4) is 0 Å². The molecule has 8 nitrogen and oxygen atoms in total. The van der Waals surface area contributed by atoms with E-state index in [0.717, 1.165) is 12.3 Å². The van der Waals surface area contributed by atoms with E-state index in [1.165, 1.54) is 0 Å². The Labute approximate surface area is 94.3 Å². The van der Waals surface area contributed by atoms with Crippen molar-refractivity contribution in [1.29, 1.82) is 5.16 Å². The molecule has 2 atom stereocenters. The monoisotopic (exact) mass is 290 g/mol. The summed E-state index contributed by atoms with van der Waals surface area (Å²) in [5.74, 6) is 1.00. The second kappa shape index (κ2) is 3.83. The minimum absolute atomic E-state index is 0.957. The molecule has 12 heteroatoms. The van der Waals surface area contributed by atoms with Gasteiger partial charge in [0.05, 0.1) is 17.1 Å². The highest BCUT2D eigenvalue weighted by molar-refractivity contribution is 8.62. The molecule has 0 aliphatic carbocycles. The fourth-order valence-corrected chi connectivity index (χ4v) is 17.2. The van der Waals surface area contributed by atoms with Crippen molar-refractivity contribution >= 4 is 33.7 Å². The van der Waals surface area contributed by atoms with E-state index in [9.17, 15) is 0 Å². The maximum Gasteiger partial charge on any atom is 0.337 e. The summed E-state index contributed by atoms with van der Waals surface area (Å²) in [4.78, 5) is 9.21. The molecule has 2 heterocycles. The number of nitrogens with one attached hydrogen (secondary N) is 4. The van der Waals surface area contributed by atoms with E-state index in [-0.39, 0.29) is 0 Å². The van der Waals surface area contributed by atoms with Gasteiger partial charge in [0.2, 0.25) is 7.51 Å². The van der Waals surface area contributed by atoms with Crippen LogP contribution in [0.25, 0.3) is 0 Å². The predicted octanol–water partition coefficient (Wildman–Crippen LogP) is 0.204. The van der Waals surface area contributed by atoms with Crippen LogP contribution in [0.2, 0.25) is 0 Å². The fraction of sp³-hybridized carbons (Fsp3) is 1.00. The third-order valence-electron chi connectivity index (χ3n) is 2.09. The van der Waals surface area contributed by atoms with Crippen LogP contribution in [0.5, 0.6) is 0 Å². The molecule has 0 bridgehead atoms. The van der Waals surface area contributed by atoms with E-state index in [2.05, 4.69) is 19.2 Å². The third-order valence-corrected chi connectivity index (χ3v) is 15.3. The van der Waals surface area contributed by atoms with Crippen molar-refractivity contribution in [2.24, 2.45) is 16.5 Å². The first kappa shape index (κ1) is 12.6. The van der Waals surface area contributed by atoms with E-state index in [0.29, 0.717) is 0 Å². The zero-order valence-electron chi connectivity index (χ0n) is 8.34. The van der Waals surface area contributed by atoms with E-state index in [1.54, 1.807) is 11.4 Å². The van der Waals surface area contributed by atoms with Gasteiger partial charge in [0, 0.05) is 18.5 Å². The second-order valence-electron chi connectivity index (χ2n) is 3.59. The van der Waals surface area contributed by atoms with Crippen molar-refractivity contribution in [2.75, 3.05) is 19.3 Å². The van der Waals surface area contributed by atoms with Crippen LogP contribution in [-0.2, 0) is 0 Å². The van der Waals surface area contributed by atoms with Crippen LogP contribution in [0.15, 0.2) is 0 Å². The molecular weight excluding hydrogens is 273 g/mol. The first-order chi connectivity index (χ1) is 6.75. The van der Waals surface area contributed by atoms with Gasteiger partial charge in [-0.3, -0.25) is 10.7 Å². The van der Waals surface area contributed by atoms with Crippen LogP contribution >= 0.6 is 33.7 Å². The highest BCUT2D eigenvalue weighted by Crippen LogP contribution is 2.79. The molecular formula is C3H17N8P3S+2. The highest BCUT2D eigenvalue weighted by Gasteiger charge is 2.64. The number of hydrogen-bond acceptors (Lipinski definition) is 6. The molecule has 2 fully saturated rings. The summed E-state index contributed by atoms with van der Waals surface area (Å²) in [6.07, 6.45) is 0. The maximum absolute atomic E-state index is 7.94. The Morgan fingerprint density at radius 3 is 2.60 bits per heavy atom. The van der Waals surface area contributed by atoms with Crippen LogP contribution in [-0.4, -0.2) is 24.0 Å². The van der Waals surface area contributed by atoms with Gasteiger partial charge in [-0.15, -0.1) is 4.67 Å². The molecule has 0 aromatic rings. The van der Waals surface area contributed by atoms with Gasteiger partial charge < -0.3 is 0 Å². The molecule has 0 radical (unpaired) electrons. The number of nitrogens with zero attached hydrogens (tertiary/aromatic N) is 1. The number of rotatable bonds is 0. The fourth-order valence-electron chi connectivity index (χ4n) is 1.52. The van der Waals surface area contributed by atoms with Gasteiger partial charge in [-0.2, -0.15) is 11.0 Å². The Balaban J connectivity index is 2.30. The Morgan fingerprint density at radius 2 is 2.13 bits per heavy atom. The van der Waals surface area contributed by atoms with Crippen molar-refractivity contribution in [3.63, 3.8) is 0 Å². The molecule has 2 aliphatic rings. The van der Waals surface area contributed by atoms with Gasteiger partial charge in [-0.1, -0.05) is 9.72 Å². The summed E-state index contributed by atoms with van der Waals surface area (Å²) in [5, 5.41) is 7.94. The lowest BCUT2D eigenvalue weighted by atomic mass is 10.8. The maximum atomic E-state index is 7.94. The van der Waals surface area contributed by atoms with Crippen molar-refractivity contribution in [1.82, 2.24) is 19.2 Å². The Bertz CT molecular complexity index is 322. The van der Waals surface area contributed by atoms with Gasteiger partial charge in [0.1, 0.15) is 0 Å². The molecule has 1 spiro atoms. The van der Waals surface area contributed by atoms with Gasteiger partial charge in [0.15, 0.2) is 0 Å². The number of nitrogens with two attached hydrogens (primary N) is 3. The van der Waals surface area contributed by atoms with E-state index in [4.69, 9.17) is 21.7 Å². The predicted molar refractivity (Wildman–Crippen MR) is 70.5 cm³/mol. The second-order valence-corrected chi connectivity index (χ2v) is 13.9. The molecule has 88 valence electrons. The summed E-state index contributed by atoms with van der Waals surface area (Å²) >= 11 is 1.75. The average molecular weight is 290 g/mol. The summed E-state index contributed by atoms with van der Waals surface area (Å²) < 4.78 is 2.16. The molecule has 2 saturated heterocycles. The third kappa shape index (κ3) is 2.54. The van der Waals surface area contributed by atoms with Gasteiger partial charge in [-0.05, 0) is 0 Å². The Hall–Kier alpha value is 1.16. The normalized spacial score (nSPS) is 46.1. The minimum Gasteiger partial charge on any atom is -0.273 e. The largest absolute Gasteiger partial charge is 0.337 e. The summed E-state index contributed by atoms with van der Waals surface area (Å²) in [6, 6.07) is 0. The SMILES string of the molecule is CN1CCS[P+]12NP(=N)(N)N[P+](N)(N)N2. The number of hydrogen-bond donors (Lipinski definition) is 7. The molecule has 2 rings (SSSR count). The topological polar surface area (TPSA) is 141 Å². The van der Waals surface area contributed by atoms with Crippen molar-refractivity contribution in [2.45, 2.75) is 0 Å². The molecule has 0 amide bonds. The Kier molecular flexibility index (Phi) is 3.22. The molecule has 2 aliphatic heterocycles. The molecule has 0 aromatic heterocycles. The Morgan fingerprint density at radius 1 is 1.47 bits per heavy atom. The lowest BCUT2D eigenvalue weighted by Gasteiger charge is -2.36. The first-order valence-corrected chi connectivity index (χ1v) is 11.4. The lowest BCUT2D eigenvalue weighted by molar-refractivity contribution is 0.586. The van der Waals surface area contributed by atoms with E-state index >= 15 is 0 Å². The molecule has 10 N–H and O–H groups in total. The standard InChI is InChI=1S/C3H17N8P3S/c1-11-2-3-15-14(11)9-12(4,5)8-13(6,7)10-14/h9H,2-5H2,1H3,(H5,6,7,8,10)/q+2. The minimum atomic E-state index is -2.64. The zero-order chi connectivity index (χ0) is 11.3. The molecule has 15 heavy (non-hydrogen) atoms. The van der Waals surface area contributed by atoms with Crippen molar-refractivity contribution < 1.29 is 0 Å². The van der Waals surface area contributed by atoms with Crippen LogP contribution in [0, 0.1) is 5.16 Å². The van der Waals surface area contributed by atoms with Gasteiger partial charge in [-0.25, -0.2) is 0 Å². The van der Waals surface area contributed by atoms with Crippen molar-refractivity contribution in [3.8, 4) is 0 Å². The van der Waals surface area contributed by atoms with Crippen LogP contribution in [0.1, 0.15) is 0 Å². The van der Waals surface area contributed by atoms with Crippen LogP contribution < -0.4 is 31.1 Å². The highest BCUT2D eigenvalue weighted by atomic mass is 32.7. The zero-order valence-corrected chi connectivity index (χ0v) is 11.8. The quantitative estimate of drug-likeness (QED) is 0.314. The van der Waals surface area contributed by atoms with Gasteiger partial charge >= 0.3 is 14.8 Å². The summed E-state index contributed by atoms with van der Waals surface area (Å²) in [6.45, 7) is -0.894. The van der Waals surface area contributed by atoms with Crippen LogP contribution in [0.4, 0.5) is 0 Å². The van der Waals surface area contributed by atoms with Crippen molar-refractivity contribution in [3.05, 3.63) is 0 Å². The first-order valence-electron chi connectivity index (χ1n) is 4.27. The average Bonchev–Trinajstić information content (AvgIpc) is 2.25. The van der Waals surface area contributed by atoms with Gasteiger partial charge in [0.25, 0.3) is 0 Å².